The largest absolute Gasteiger partial charge is 0.497 e. The highest BCUT2D eigenvalue weighted by Crippen LogP contribution is 2.33. The zero-order valence-electron chi connectivity index (χ0n) is 17.0. The topological polar surface area (TPSA) is 62.7 Å². The molecule has 0 aliphatic carbocycles. The molecule has 0 spiro atoms. The summed E-state index contributed by atoms with van der Waals surface area (Å²) in [5, 5.41) is 2.81. The third kappa shape index (κ3) is 5.44. The second kappa shape index (κ2) is 9.80. The fraction of sp³-hybridized carbons (Fsp3) is 0.318. The molecule has 2 aromatic heterocycles. The number of thiophene rings is 1. The highest BCUT2D eigenvalue weighted by molar-refractivity contribution is 7.23. The van der Waals surface area contributed by atoms with Gasteiger partial charge in [-0.25, -0.2) is 4.98 Å². The second-order valence-electron chi connectivity index (χ2n) is 7.21. The zero-order valence-corrected chi connectivity index (χ0v) is 19.4. The number of nitrogens with zero attached hydrogens (tertiary/aromatic N) is 3. The number of carbonyl (C=O) groups excluding carboxylic acids is 2. The summed E-state index contributed by atoms with van der Waals surface area (Å²) in [7, 11) is 1.61. The van der Waals surface area contributed by atoms with Crippen molar-refractivity contribution >= 4 is 46.1 Å². The van der Waals surface area contributed by atoms with Crippen LogP contribution in [0.25, 0.3) is 9.88 Å². The number of ether oxygens (including phenoxy) is 1. The van der Waals surface area contributed by atoms with E-state index in [1.807, 2.05) is 51.6 Å². The van der Waals surface area contributed by atoms with E-state index in [1.165, 1.54) is 22.7 Å². The van der Waals surface area contributed by atoms with Crippen molar-refractivity contribution in [3.05, 3.63) is 57.4 Å². The molecular formula is C22H22ClN3O3S2. The van der Waals surface area contributed by atoms with E-state index in [0.29, 0.717) is 32.6 Å². The van der Waals surface area contributed by atoms with Crippen LogP contribution >= 0.6 is 34.3 Å². The van der Waals surface area contributed by atoms with Crippen molar-refractivity contribution < 1.29 is 14.3 Å². The molecule has 6 nitrogen and oxygen atoms in total. The standard InChI is InChI=1S/C22H22ClN3O3S2/c1-29-17-4-2-3-15(11-17)12-20(27)25-7-9-26(10-8-25)21(28)13-16-14-30-22(24-16)18-5-6-19(23)31-18/h2-6,11,14H,7-10,12-13H2,1H3. The van der Waals surface area contributed by atoms with Crippen LogP contribution in [-0.4, -0.2) is 59.9 Å². The first-order chi connectivity index (χ1) is 15.0. The van der Waals surface area contributed by atoms with E-state index in [2.05, 4.69) is 4.98 Å². The van der Waals surface area contributed by atoms with Gasteiger partial charge in [0.15, 0.2) is 0 Å². The fourth-order valence-electron chi connectivity index (χ4n) is 3.47. The van der Waals surface area contributed by atoms with Gasteiger partial charge in [-0.05, 0) is 29.8 Å². The van der Waals surface area contributed by atoms with Crippen LogP contribution in [0.5, 0.6) is 5.75 Å². The molecule has 1 saturated heterocycles. The van der Waals surface area contributed by atoms with Crippen molar-refractivity contribution in [2.24, 2.45) is 0 Å². The van der Waals surface area contributed by atoms with Gasteiger partial charge in [0, 0.05) is 31.6 Å². The molecule has 1 aliphatic heterocycles. The molecule has 1 fully saturated rings. The van der Waals surface area contributed by atoms with Crippen LogP contribution in [0.3, 0.4) is 0 Å². The summed E-state index contributed by atoms with van der Waals surface area (Å²) in [6.07, 6.45) is 0.604. The van der Waals surface area contributed by atoms with Gasteiger partial charge < -0.3 is 14.5 Å². The maximum absolute atomic E-state index is 12.7. The Morgan fingerprint density at radius 1 is 1.06 bits per heavy atom. The van der Waals surface area contributed by atoms with Gasteiger partial charge in [0.2, 0.25) is 11.8 Å². The molecule has 3 heterocycles. The second-order valence-corrected chi connectivity index (χ2v) is 9.79. The first kappa shape index (κ1) is 21.8. The van der Waals surface area contributed by atoms with E-state index in [1.54, 1.807) is 7.11 Å². The lowest BCUT2D eigenvalue weighted by molar-refractivity contribution is -0.138. The Kier molecular flexibility index (Phi) is 6.89. The molecular weight excluding hydrogens is 454 g/mol. The molecule has 2 amide bonds. The van der Waals surface area contributed by atoms with Crippen molar-refractivity contribution in [1.82, 2.24) is 14.8 Å². The predicted octanol–water partition coefficient (Wildman–Crippen LogP) is 3.99. The number of aromatic nitrogens is 1. The number of halogens is 1. The van der Waals surface area contributed by atoms with E-state index in [0.717, 1.165) is 31.2 Å². The van der Waals surface area contributed by atoms with Gasteiger partial charge in [-0.1, -0.05) is 23.7 Å². The average Bonchev–Trinajstić information content (AvgIpc) is 3.42. The van der Waals surface area contributed by atoms with Crippen molar-refractivity contribution in [3.8, 4) is 15.6 Å². The zero-order chi connectivity index (χ0) is 21.8. The number of rotatable bonds is 6. The molecule has 162 valence electrons. The van der Waals surface area contributed by atoms with Gasteiger partial charge >= 0.3 is 0 Å². The Labute approximate surface area is 194 Å². The average molecular weight is 476 g/mol. The minimum absolute atomic E-state index is 0.0426. The first-order valence-corrected chi connectivity index (χ1v) is 12.0. The van der Waals surface area contributed by atoms with E-state index in [-0.39, 0.29) is 18.2 Å². The third-order valence-corrected chi connectivity index (χ3v) is 7.43. The SMILES string of the molecule is COc1cccc(CC(=O)N2CCN(C(=O)Cc3csc(-c4ccc(Cl)s4)n3)CC2)c1. The lowest BCUT2D eigenvalue weighted by Gasteiger charge is -2.34. The Balaban J connectivity index is 1.28. The highest BCUT2D eigenvalue weighted by atomic mass is 35.5. The monoisotopic (exact) mass is 475 g/mol. The molecule has 1 aromatic carbocycles. The number of hydrogen-bond acceptors (Lipinski definition) is 6. The number of piperazine rings is 1. The number of carbonyl (C=O) groups is 2. The molecule has 0 atom stereocenters. The third-order valence-electron chi connectivity index (χ3n) is 5.14. The van der Waals surface area contributed by atoms with Gasteiger partial charge in [0.25, 0.3) is 0 Å². The smallest absolute Gasteiger partial charge is 0.228 e. The van der Waals surface area contributed by atoms with Crippen LogP contribution in [0.4, 0.5) is 0 Å². The van der Waals surface area contributed by atoms with Crippen molar-refractivity contribution in [2.75, 3.05) is 33.3 Å². The quantitative estimate of drug-likeness (QED) is 0.540. The van der Waals surface area contributed by atoms with E-state index in [9.17, 15) is 9.59 Å². The summed E-state index contributed by atoms with van der Waals surface area (Å²) < 4.78 is 5.94. The van der Waals surface area contributed by atoms with Gasteiger partial charge in [0.1, 0.15) is 10.8 Å². The lowest BCUT2D eigenvalue weighted by Crippen LogP contribution is -2.51. The van der Waals surface area contributed by atoms with Crippen molar-refractivity contribution in [1.29, 1.82) is 0 Å². The van der Waals surface area contributed by atoms with Crippen molar-refractivity contribution in [2.45, 2.75) is 12.8 Å². The Hall–Kier alpha value is -2.42. The molecule has 0 saturated carbocycles. The van der Waals surface area contributed by atoms with Gasteiger partial charge in [0.05, 0.1) is 34.9 Å². The highest BCUT2D eigenvalue weighted by Gasteiger charge is 2.25. The van der Waals surface area contributed by atoms with E-state index < -0.39 is 0 Å². The Bertz CT molecular complexity index is 1070. The van der Waals surface area contributed by atoms with Gasteiger partial charge in [-0.3, -0.25) is 9.59 Å². The van der Waals surface area contributed by atoms with E-state index >= 15 is 0 Å². The van der Waals surface area contributed by atoms with Gasteiger partial charge in [-0.15, -0.1) is 22.7 Å². The number of thiazole rings is 1. The van der Waals surface area contributed by atoms with Crippen molar-refractivity contribution in [3.63, 3.8) is 0 Å². The minimum atomic E-state index is 0.0426. The summed E-state index contributed by atoms with van der Waals surface area (Å²) in [5.41, 5.74) is 1.69. The molecule has 0 bridgehead atoms. The summed E-state index contributed by atoms with van der Waals surface area (Å²) in [6.45, 7) is 2.18. The van der Waals surface area contributed by atoms with Gasteiger partial charge in [-0.2, -0.15) is 0 Å². The Morgan fingerprint density at radius 2 is 1.77 bits per heavy atom. The minimum Gasteiger partial charge on any atom is -0.497 e. The molecule has 0 radical (unpaired) electrons. The Morgan fingerprint density at radius 3 is 2.42 bits per heavy atom. The molecule has 31 heavy (non-hydrogen) atoms. The fourth-order valence-corrected chi connectivity index (χ4v) is 5.41. The molecule has 0 unspecified atom stereocenters. The summed E-state index contributed by atoms with van der Waals surface area (Å²) in [6, 6.07) is 11.3. The molecule has 9 heteroatoms. The number of methoxy groups -OCH3 is 1. The van der Waals surface area contributed by atoms with Crippen LogP contribution in [0, 0.1) is 0 Å². The maximum Gasteiger partial charge on any atom is 0.228 e. The normalized spacial score (nSPS) is 14.0. The first-order valence-electron chi connectivity index (χ1n) is 9.90. The molecule has 1 aliphatic rings. The number of benzene rings is 1. The molecule has 0 N–H and O–H groups in total. The van der Waals surface area contributed by atoms with E-state index in [4.69, 9.17) is 16.3 Å². The van der Waals surface area contributed by atoms with Crippen LogP contribution in [-0.2, 0) is 22.4 Å². The van der Waals surface area contributed by atoms with Crippen LogP contribution in [0.15, 0.2) is 41.8 Å². The summed E-state index contributed by atoms with van der Waals surface area (Å²) in [4.78, 5) is 34.6. The van der Waals surface area contributed by atoms with Crippen LogP contribution in [0.2, 0.25) is 4.34 Å². The van der Waals surface area contributed by atoms with Crippen LogP contribution < -0.4 is 4.74 Å². The molecule has 4 rings (SSSR count). The predicted molar refractivity (Wildman–Crippen MR) is 124 cm³/mol. The summed E-state index contributed by atoms with van der Waals surface area (Å²) in [5.74, 6) is 0.855. The summed E-state index contributed by atoms with van der Waals surface area (Å²) >= 11 is 9.00. The van der Waals surface area contributed by atoms with Crippen LogP contribution in [0.1, 0.15) is 11.3 Å². The lowest BCUT2D eigenvalue weighted by atomic mass is 10.1. The maximum atomic E-state index is 12.7. The number of amides is 2. The number of hydrogen-bond donors (Lipinski definition) is 0. The molecule has 3 aromatic rings.